The van der Waals surface area contributed by atoms with Crippen LogP contribution < -0.4 is 10.1 Å². The second kappa shape index (κ2) is 8.30. The number of aliphatic hydroxyl groups excluding tert-OH is 1. The first-order valence-electron chi connectivity index (χ1n) is 6.44. The molecule has 5 heteroatoms. The number of ether oxygens (including phenoxy) is 1. The Morgan fingerprint density at radius 1 is 1.26 bits per heavy atom. The molecule has 2 N–H and O–H groups in total. The fourth-order valence-electron chi connectivity index (χ4n) is 1.60. The van der Waals surface area contributed by atoms with Crippen LogP contribution in [0.4, 0.5) is 0 Å². The normalized spacial score (nSPS) is 14.4. The van der Waals surface area contributed by atoms with Crippen molar-refractivity contribution in [3.05, 3.63) is 24.3 Å². The molecule has 1 aromatic rings. The molecule has 0 spiro atoms. The topological polar surface area (TPSA) is 58.6 Å². The Morgan fingerprint density at radius 3 is 2.42 bits per heavy atom. The van der Waals surface area contributed by atoms with Crippen LogP contribution in [-0.2, 0) is 10.8 Å². The molecule has 0 amide bonds. The number of nitrogens with one attached hydrogen (secondary N) is 1. The van der Waals surface area contributed by atoms with Gasteiger partial charge in [-0.05, 0) is 36.7 Å². The molecule has 0 radical (unpaired) electrons. The average molecular weight is 285 g/mol. The van der Waals surface area contributed by atoms with E-state index in [1.807, 2.05) is 0 Å². The molecule has 0 aromatic heterocycles. The molecule has 0 heterocycles. The van der Waals surface area contributed by atoms with E-state index in [1.165, 1.54) is 0 Å². The van der Waals surface area contributed by atoms with Gasteiger partial charge in [-0.2, -0.15) is 0 Å². The van der Waals surface area contributed by atoms with Crippen LogP contribution in [0.2, 0.25) is 0 Å². The standard InChI is InChI=1S/C14H23NO3S/c1-11(2)8-15-9-12(16)10-19(17)14-6-4-13(18-3)5-7-14/h4-7,11-12,15-16H,8-10H2,1-3H3. The van der Waals surface area contributed by atoms with E-state index in [0.29, 0.717) is 17.4 Å². The van der Waals surface area contributed by atoms with Crippen molar-refractivity contribution in [2.24, 2.45) is 5.92 Å². The lowest BCUT2D eigenvalue weighted by Crippen LogP contribution is -2.32. The molecule has 1 rings (SSSR count). The SMILES string of the molecule is COc1ccc(S(=O)CC(O)CNCC(C)C)cc1. The Hall–Kier alpha value is -0.910. The molecule has 19 heavy (non-hydrogen) atoms. The van der Waals surface area contributed by atoms with E-state index in [-0.39, 0.29) is 5.75 Å². The first kappa shape index (κ1) is 16.1. The first-order valence-corrected chi connectivity index (χ1v) is 7.76. The Labute approximate surface area is 117 Å². The summed E-state index contributed by atoms with van der Waals surface area (Å²) in [5.41, 5.74) is 0. The molecule has 0 aliphatic carbocycles. The smallest absolute Gasteiger partial charge is 0.118 e. The molecule has 0 saturated heterocycles. The Balaban J connectivity index is 2.40. The summed E-state index contributed by atoms with van der Waals surface area (Å²) in [7, 11) is 0.410. The number of methoxy groups -OCH3 is 1. The summed E-state index contributed by atoms with van der Waals surface area (Å²) in [6.07, 6.45) is -0.596. The summed E-state index contributed by atoms with van der Waals surface area (Å²) < 4.78 is 17.1. The van der Waals surface area contributed by atoms with Gasteiger partial charge in [-0.25, -0.2) is 0 Å². The van der Waals surface area contributed by atoms with E-state index >= 15 is 0 Å². The van der Waals surface area contributed by atoms with Crippen molar-refractivity contribution < 1.29 is 14.1 Å². The van der Waals surface area contributed by atoms with Gasteiger partial charge in [0, 0.05) is 11.4 Å². The molecule has 1 aromatic carbocycles. The lowest BCUT2D eigenvalue weighted by molar-refractivity contribution is 0.193. The predicted molar refractivity (Wildman–Crippen MR) is 78.0 cm³/mol. The molecule has 4 nitrogen and oxygen atoms in total. The van der Waals surface area contributed by atoms with Gasteiger partial charge < -0.3 is 15.2 Å². The van der Waals surface area contributed by atoms with Gasteiger partial charge in [-0.3, -0.25) is 4.21 Å². The summed E-state index contributed by atoms with van der Waals surface area (Å²) in [6.45, 7) is 5.54. The number of benzene rings is 1. The minimum absolute atomic E-state index is 0.247. The maximum Gasteiger partial charge on any atom is 0.118 e. The highest BCUT2D eigenvalue weighted by Crippen LogP contribution is 2.14. The number of hydrogen-bond donors (Lipinski definition) is 2. The van der Waals surface area contributed by atoms with Crippen LogP contribution in [0.1, 0.15) is 13.8 Å². The zero-order valence-electron chi connectivity index (χ0n) is 11.8. The zero-order valence-corrected chi connectivity index (χ0v) is 12.6. The van der Waals surface area contributed by atoms with Gasteiger partial charge in [0.2, 0.25) is 0 Å². The molecule has 0 fully saturated rings. The highest BCUT2D eigenvalue weighted by molar-refractivity contribution is 7.85. The Morgan fingerprint density at radius 2 is 1.89 bits per heavy atom. The van der Waals surface area contributed by atoms with Crippen molar-refractivity contribution in [1.82, 2.24) is 5.32 Å². The quantitative estimate of drug-likeness (QED) is 0.758. The third-order valence-corrected chi connectivity index (χ3v) is 4.08. The van der Waals surface area contributed by atoms with E-state index in [4.69, 9.17) is 4.74 Å². The second-order valence-corrected chi connectivity index (χ2v) is 6.39. The summed E-state index contributed by atoms with van der Waals surface area (Å²) in [4.78, 5) is 0.712. The van der Waals surface area contributed by atoms with Crippen molar-refractivity contribution in [3.63, 3.8) is 0 Å². The Bertz CT molecular complexity index is 392. The van der Waals surface area contributed by atoms with Gasteiger partial charge in [-0.1, -0.05) is 13.8 Å². The summed E-state index contributed by atoms with van der Waals surface area (Å²) in [5.74, 6) is 1.52. The largest absolute Gasteiger partial charge is 0.497 e. The van der Waals surface area contributed by atoms with Crippen LogP contribution in [0.5, 0.6) is 5.75 Å². The van der Waals surface area contributed by atoms with E-state index in [9.17, 15) is 9.32 Å². The molecule has 0 bridgehead atoms. The first-order chi connectivity index (χ1) is 9.02. The molecular weight excluding hydrogens is 262 g/mol. The fourth-order valence-corrected chi connectivity index (χ4v) is 2.70. The van der Waals surface area contributed by atoms with Crippen molar-refractivity contribution in [2.75, 3.05) is 26.0 Å². The minimum atomic E-state index is -1.18. The zero-order chi connectivity index (χ0) is 14.3. The molecule has 2 atom stereocenters. The van der Waals surface area contributed by atoms with E-state index in [0.717, 1.165) is 12.3 Å². The van der Waals surface area contributed by atoms with Crippen LogP contribution in [0.15, 0.2) is 29.2 Å². The molecule has 2 unspecified atom stereocenters. The molecule has 0 saturated carbocycles. The van der Waals surface area contributed by atoms with Gasteiger partial charge in [0.25, 0.3) is 0 Å². The van der Waals surface area contributed by atoms with Crippen molar-refractivity contribution in [3.8, 4) is 5.75 Å². The minimum Gasteiger partial charge on any atom is -0.497 e. The average Bonchev–Trinajstić information content (AvgIpc) is 2.38. The van der Waals surface area contributed by atoms with Gasteiger partial charge in [0.05, 0.1) is 29.8 Å². The van der Waals surface area contributed by atoms with Gasteiger partial charge in [0.15, 0.2) is 0 Å². The van der Waals surface area contributed by atoms with Crippen molar-refractivity contribution >= 4 is 10.8 Å². The van der Waals surface area contributed by atoms with Crippen molar-refractivity contribution in [2.45, 2.75) is 24.8 Å². The van der Waals surface area contributed by atoms with E-state index in [1.54, 1.807) is 31.4 Å². The molecule has 108 valence electrons. The molecule has 0 aliphatic rings. The number of rotatable bonds is 8. The summed E-state index contributed by atoms with van der Waals surface area (Å²) in [6, 6.07) is 7.08. The Kier molecular flexibility index (Phi) is 7.05. The predicted octanol–water partition coefficient (Wildman–Crippen LogP) is 1.41. The number of hydrogen-bond acceptors (Lipinski definition) is 4. The van der Waals surface area contributed by atoms with Crippen LogP contribution in [0.3, 0.4) is 0 Å². The van der Waals surface area contributed by atoms with Gasteiger partial charge >= 0.3 is 0 Å². The lowest BCUT2D eigenvalue weighted by Gasteiger charge is -2.13. The highest BCUT2D eigenvalue weighted by Gasteiger charge is 2.11. The van der Waals surface area contributed by atoms with Crippen LogP contribution in [-0.4, -0.2) is 41.4 Å². The molecule has 0 aliphatic heterocycles. The maximum absolute atomic E-state index is 12.0. The van der Waals surface area contributed by atoms with E-state index in [2.05, 4.69) is 19.2 Å². The van der Waals surface area contributed by atoms with Crippen LogP contribution in [0, 0.1) is 5.92 Å². The second-order valence-electron chi connectivity index (χ2n) is 4.89. The van der Waals surface area contributed by atoms with Crippen LogP contribution >= 0.6 is 0 Å². The third kappa shape index (κ3) is 6.18. The maximum atomic E-state index is 12.0. The number of aliphatic hydroxyl groups is 1. The van der Waals surface area contributed by atoms with Gasteiger partial charge in [-0.15, -0.1) is 0 Å². The lowest BCUT2D eigenvalue weighted by atomic mass is 10.2. The third-order valence-electron chi connectivity index (χ3n) is 2.60. The highest BCUT2D eigenvalue weighted by atomic mass is 32.2. The van der Waals surface area contributed by atoms with Crippen molar-refractivity contribution in [1.29, 1.82) is 0 Å². The summed E-state index contributed by atoms with van der Waals surface area (Å²) in [5, 5.41) is 13.0. The van der Waals surface area contributed by atoms with Crippen LogP contribution in [0.25, 0.3) is 0 Å². The van der Waals surface area contributed by atoms with E-state index < -0.39 is 16.9 Å². The monoisotopic (exact) mass is 285 g/mol. The fraction of sp³-hybridized carbons (Fsp3) is 0.571. The van der Waals surface area contributed by atoms with Gasteiger partial charge in [0.1, 0.15) is 5.75 Å². The molecular formula is C14H23NO3S. The summed E-state index contributed by atoms with van der Waals surface area (Å²) >= 11 is 0.